The summed E-state index contributed by atoms with van der Waals surface area (Å²) in [5, 5.41) is 5.29. The van der Waals surface area contributed by atoms with Crippen molar-refractivity contribution in [3.05, 3.63) is 125 Å². The summed E-state index contributed by atoms with van der Waals surface area (Å²) in [6.45, 7) is 0.115. The Kier molecular flexibility index (Phi) is 8.60. The van der Waals surface area contributed by atoms with Gasteiger partial charge in [-0.1, -0.05) is 66.2 Å². The first-order chi connectivity index (χ1) is 20.4. The van der Waals surface area contributed by atoms with Gasteiger partial charge in [-0.2, -0.15) is 0 Å². The number of carbonyl (C=O) groups excluding carboxylic acids is 4. The number of urea groups is 1. The van der Waals surface area contributed by atoms with E-state index in [-0.39, 0.29) is 23.8 Å². The largest absolute Gasteiger partial charge is 0.489 e. The van der Waals surface area contributed by atoms with E-state index in [4.69, 9.17) is 21.1 Å². The molecule has 5 rings (SSSR count). The maximum atomic E-state index is 13.2. The Hall–Kier alpha value is -5.41. The van der Waals surface area contributed by atoms with E-state index in [1.807, 2.05) is 30.3 Å². The number of imide groups is 2. The molecule has 1 heterocycles. The molecule has 0 unspecified atom stereocenters. The summed E-state index contributed by atoms with van der Waals surface area (Å²) in [6.07, 6.45) is 1.38. The smallest absolute Gasteiger partial charge is 0.335 e. The van der Waals surface area contributed by atoms with Crippen LogP contribution < -0.4 is 25.0 Å². The number of carbonyl (C=O) groups is 4. The molecule has 210 valence electrons. The maximum absolute atomic E-state index is 13.2. The number of nitrogens with zero attached hydrogens (tertiary/aromatic N) is 1. The molecule has 1 fully saturated rings. The van der Waals surface area contributed by atoms with E-state index >= 15 is 0 Å². The average molecular weight is 582 g/mol. The van der Waals surface area contributed by atoms with E-state index in [1.54, 1.807) is 72.8 Å². The van der Waals surface area contributed by atoms with Gasteiger partial charge in [-0.15, -0.1) is 0 Å². The van der Waals surface area contributed by atoms with Gasteiger partial charge < -0.3 is 14.8 Å². The van der Waals surface area contributed by atoms with Gasteiger partial charge in [0.05, 0.1) is 16.4 Å². The van der Waals surface area contributed by atoms with Crippen molar-refractivity contribution < 1.29 is 28.7 Å². The number of nitrogens with one attached hydrogen (secondary N) is 2. The zero-order valence-electron chi connectivity index (χ0n) is 22.1. The zero-order valence-corrected chi connectivity index (χ0v) is 22.8. The molecule has 0 radical (unpaired) electrons. The molecule has 0 aromatic heterocycles. The minimum atomic E-state index is -0.848. The molecule has 9 nitrogen and oxygen atoms in total. The SMILES string of the molecule is O=C(COc1ccc(/C=C2/C(=O)NC(=O)N(c3ccc(OCc4ccccc4)cc3)C2=O)cc1)Nc1ccccc1Cl. The van der Waals surface area contributed by atoms with Gasteiger partial charge in [0, 0.05) is 0 Å². The second-order valence-electron chi connectivity index (χ2n) is 9.11. The number of hydrogen-bond donors (Lipinski definition) is 2. The highest BCUT2D eigenvalue weighted by Crippen LogP contribution is 2.25. The fourth-order valence-electron chi connectivity index (χ4n) is 4.05. The van der Waals surface area contributed by atoms with Crippen LogP contribution in [0.15, 0.2) is 109 Å². The molecular formula is C32H24ClN3O6. The summed E-state index contributed by atoms with van der Waals surface area (Å²) in [6, 6.07) is 28.5. The molecule has 0 spiro atoms. The second kappa shape index (κ2) is 12.8. The maximum Gasteiger partial charge on any atom is 0.335 e. The summed E-state index contributed by atoms with van der Waals surface area (Å²) < 4.78 is 11.3. The molecule has 4 aromatic rings. The molecule has 5 amide bonds. The standard InChI is InChI=1S/C32H24ClN3O6/c33-27-8-4-5-9-28(27)34-29(37)20-42-24-14-10-21(11-15-24)18-26-30(38)35-32(40)36(31(26)39)23-12-16-25(17-13-23)41-19-22-6-2-1-3-7-22/h1-18H,19-20H2,(H,34,37)(H,35,38,40)/b26-18-. The van der Waals surface area contributed by atoms with Gasteiger partial charge in [-0.3, -0.25) is 19.7 Å². The highest BCUT2D eigenvalue weighted by molar-refractivity contribution is 6.39. The molecule has 2 N–H and O–H groups in total. The van der Waals surface area contributed by atoms with Crippen LogP contribution in [0.2, 0.25) is 5.02 Å². The van der Waals surface area contributed by atoms with Gasteiger partial charge in [0.2, 0.25) is 0 Å². The van der Waals surface area contributed by atoms with E-state index < -0.39 is 17.8 Å². The van der Waals surface area contributed by atoms with Crippen LogP contribution in [0.3, 0.4) is 0 Å². The van der Waals surface area contributed by atoms with Gasteiger partial charge in [-0.05, 0) is 65.7 Å². The van der Waals surface area contributed by atoms with Crippen LogP contribution >= 0.6 is 11.6 Å². The van der Waals surface area contributed by atoms with Crippen molar-refractivity contribution in [1.82, 2.24) is 5.32 Å². The Labute approximate surface area is 246 Å². The van der Waals surface area contributed by atoms with Crippen LogP contribution in [-0.4, -0.2) is 30.4 Å². The predicted octanol–water partition coefficient (Wildman–Crippen LogP) is 5.60. The third kappa shape index (κ3) is 6.83. The minimum Gasteiger partial charge on any atom is -0.489 e. The van der Waals surface area contributed by atoms with E-state index in [2.05, 4.69) is 10.6 Å². The molecule has 0 aliphatic carbocycles. The quantitative estimate of drug-likeness (QED) is 0.196. The van der Waals surface area contributed by atoms with E-state index in [0.717, 1.165) is 10.5 Å². The van der Waals surface area contributed by atoms with Crippen LogP contribution in [0.1, 0.15) is 11.1 Å². The molecule has 1 aliphatic rings. The van der Waals surface area contributed by atoms with E-state index in [1.165, 1.54) is 6.08 Å². The molecule has 0 bridgehead atoms. The molecular weight excluding hydrogens is 558 g/mol. The average Bonchev–Trinajstić information content (AvgIpc) is 3.00. The third-order valence-electron chi connectivity index (χ3n) is 6.15. The minimum absolute atomic E-state index is 0.216. The number of anilines is 2. The highest BCUT2D eigenvalue weighted by Gasteiger charge is 2.36. The number of amides is 5. The van der Waals surface area contributed by atoms with Gasteiger partial charge in [0.25, 0.3) is 17.7 Å². The Balaban J connectivity index is 1.22. The Morgan fingerprint density at radius 3 is 2.17 bits per heavy atom. The summed E-state index contributed by atoms with van der Waals surface area (Å²) in [7, 11) is 0. The van der Waals surface area contributed by atoms with Crippen LogP contribution in [0.25, 0.3) is 6.08 Å². The summed E-state index contributed by atoms with van der Waals surface area (Å²) in [5.74, 6) is -1.00. The van der Waals surface area contributed by atoms with Crippen molar-refractivity contribution in [2.24, 2.45) is 0 Å². The molecule has 10 heteroatoms. The monoisotopic (exact) mass is 581 g/mol. The van der Waals surface area contributed by atoms with Crippen LogP contribution in [0.4, 0.5) is 16.2 Å². The van der Waals surface area contributed by atoms with Crippen LogP contribution in [0.5, 0.6) is 11.5 Å². The number of ether oxygens (including phenoxy) is 2. The number of benzene rings is 4. The summed E-state index contributed by atoms with van der Waals surface area (Å²) in [4.78, 5) is 51.4. The van der Waals surface area contributed by atoms with Crippen LogP contribution in [-0.2, 0) is 21.0 Å². The molecule has 42 heavy (non-hydrogen) atoms. The lowest BCUT2D eigenvalue weighted by atomic mass is 10.1. The van der Waals surface area contributed by atoms with Gasteiger partial charge in [0.15, 0.2) is 6.61 Å². The second-order valence-corrected chi connectivity index (χ2v) is 9.52. The first-order valence-corrected chi connectivity index (χ1v) is 13.2. The zero-order chi connectivity index (χ0) is 29.5. The van der Waals surface area contributed by atoms with Gasteiger partial charge >= 0.3 is 6.03 Å². The lowest BCUT2D eigenvalue weighted by Gasteiger charge is -2.26. The molecule has 0 saturated carbocycles. The third-order valence-corrected chi connectivity index (χ3v) is 6.48. The van der Waals surface area contributed by atoms with E-state index in [9.17, 15) is 19.2 Å². The van der Waals surface area contributed by atoms with Crippen molar-refractivity contribution in [2.75, 3.05) is 16.8 Å². The predicted molar refractivity (Wildman–Crippen MR) is 158 cm³/mol. The highest BCUT2D eigenvalue weighted by atomic mass is 35.5. The fraction of sp³-hybridized carbons (Fsp3) is 0.0625. The van der Waals surface area contributed by atoms with Gasteiger partial charge in [0.1, 0.15) is 23.7 Å². The van der Waals surface area contributed by atoms with Gasteiger partial charge in [-0.25, -0.2) is 9.69 Å². The molecule has 0 atom stereocenters. The van der Waals surface area contributed by atoms with Crippen molar-refractivity contribution in [2.45, 2.75) is 6.61 Å². The topological polar surface area (TPSA) is 114 Å². The Morgan fingerprint density at radius 1 is 0.810 bits per heavy atom. The first-order valence-electron chi connectivity index (χ1n) is 12.8. The van der Waals surface area contributed by atoms with E-state index in [0.29, 0.717) is 34.4 Å². The van der Waals surface area contributed by atoms with Crippen molar-refractivity contribution in [3.8, 4) is 11.5 Å². The van der Waals surface area contributed by atoms with Crippen LogP contribution in [0, 0.1) is 0 Å². The molecule has 4 aromatic carbocycles. The van der Waals surface area contributed by atoms with Crippen molar-refractivity contribution >= 4 is 52.8 Å². The summed E-state index contributed by atoms with van der Waals surface area (Å²) in [5.41, 5.74) is 2.05. The first kappa shape index (κ1) is 28.1. The Bertz CT molecular complexity index is 1650. The lowest BCUT2D eigenvalue weighted by molar-refractivity contribution is -0.122. The number of halogens is 1. The molecule has 1 saturated heterocycles. The Morgan fingerprint density at radius 2 is 1.45 bits per heavy atom. The lowest BCUT2D eigenvalue weighted by Crippen LogP contribution is -2.54. The fourth-order valence-corrected chi connectivity index (χ4v) is 4.23. The van der Waals surface area contributed by atoms with Crippen molar-refractivity contribution in [1.29, 1.82) is 0 Å². The number of rotatable bonds is 9. The number of barbiturate groups is 1. The number of hydrogen-bond acceptors (Lipinski definition) is 6. The summed E-state index contributed by atoms with van der Waals surface area (Å²) >= 11 is 6.05. The number of para-hydroxylation sites is 1. The normalized spacial score (nSPS) is 14.0. The van der Waals surface area contributed by atoms with Crippen molar-refractivity contribution in [3.63, 3.8) is 0 Å². The molecule has 1 aliphatic heterocycles.